The van der Waals surface area contributed by atoms with Gasteiger partial charge in [-0.2, -0.15) is 5.10 Å². The van der Waals surface area contributed by atoms with Crippen LogP contribution in [-0.4, -0.2) is 46.8 Å². The molecule has 1 aromatic carbocycles. The number of likely N-dealkylation sites (tertiary alicyclic amines) is 1. The molecule has 1 saturated heterocycles. The highest BCUT2D eigenvalue weighted by molar-refractivity contribution is 5.95. The molecule has 0 radical (unpaired) electrons. The third-order valence-electron chi connectivity index (χ3n) is 4.54. The number of amides is 1. The summed E-state index contributed by atoms with van der Waals surface area (Å²) in [5.41, 5.74) is 7.09. The van der Waals surface area contributed by atoms with E-state index >= 15 is 0 Å². The number of nitrogens with two attached hydrogens (primary N) is 1. The third kappa shape index (κ3) is 3.14. The minimum atomic E-state index is -0.0923. The summed E-state index contributed by atoms with van der Waals surface area (Å²) < 4.78 is 7.33. The van der Waals surface area contributed by atoms with Crippen molar-refractivity contribution in [1.29, 1.82) is 0 Å². The Balaban J connectivity index is 1.89. The van der Waals surface area contributed by atoms with Gasteiger partial charge in [0.25, 0.3) is 5.91 Å². The van der Waals surface area contributed by atoms with Gasteiger partial charge in [0, 0.05) is 13.1 Å². The molecular formula is C18H24N4O2. The van der Waals surface area contributed by atoms with E-state index in [0.29, 0.717) is 37.7 Å². The lowest BCUT2D eigenvalue weighted by molar-refractivity contribution is 0.0766. The lowest BCUT2D eigenvalue weighted by Crippen LogP contribution is -2.34. The fourth-order valence-corrected chi connectivity index (χ4v) is 2.99. The van der Waals surface area contributed by atoms with Crippen LogP contribution in [0.4, 0.5) is 0 Å². The van der Waals surface area contributed by atoms with E-state index < -0.39 is 0 Å². The van der Waals surface area contributed by atoms with E-state index in [4.69, 9.17) is 10.5 Å². The molecule has 2 aromatic rings. The molecule has 0 aliphatic carbocycles. The van der Waals surface area contributed by atoms with Crippen molar-refractivity contribution in [3.63, 3.8) is 0 Å². The second-order valence-corrected chi connectivity index (χ2v) is 6.55. The van der Waals surface area contributed by atoms with Crippen molar-refractivity contribution in [2.24, 2.45) is 11.1 Å². The number of hydrogen-bond donors (Lipinski definition) is 1. The van der Waals surface area contributed by atoms with E-state index in [0.717, 1.165) is 12.1 Å². The van der Waals surface area contributed by atoms with Crippen LogP contribution in [0.1, 0.15) is 30.8 Å². The number of hydrogen-bond acceptors (Lipinski definition) is 4. The van der Waals surface area contributed by atoms with Gasteiger partial charge in [-0.15, -0.1) is 0 Å². The summed E-state index contributed by atoms with van der Waals surface area (Å²) in [6.45, 7) is 6.44. The Morgan fingerprint density at radius 3 is 2.75 bits per heavy atom. The van der Waals surface area contributed by atoms with Crippen LogP contribution in [0.2, 0.25) is 0 Å². The Labute approximate surface area is 142 Å². The Hall–Kier alpha value is -2.34. The standard InChI is InChI=1S/C18H24N4O2/c1-3-24-15-11-22(14-7-5-4-6-8-14)20-16(15)17(23)21-10-9-18(2,12-19)13-21/h4-8,11H,3,9-10,12-13,19H2,1-2H3. The van der Waals surface area contributed by atoms with Gasteiger partial charge < -0.3 is 15.4 Å². The van der Waals surface area contributed by atoms with Crippen molar-refractivity contribution in [3.05, 3.63) is 42.2 Å². The van der Waals surface area contributed by atoms with E-state index in [1.165, 1.54) is 0 Å². The molecule has 3 rings (SSSR count). The van der Waals surface area contributed by atoms with Crippen molar-refractivity contribution in [2.75, 3.05) is 26.2 Å². The van der Waals surface area contributed by atoms with Crippen LogP contribution in [0.25, 0.3) is 5.69 Å². The second-order valence-electron chi connectivity index (χ2n) is 6.55. The molecule has 1 unspecified atom stereocenters. The number of rotatable bonds is 5. The lowest BCUT2D eigenvalue weighted by atomic mass is 9.90. The van der Waals surface area contributed by atoms with E-state index in [1.54, 1.807) is 10.9 Å². The first-order valence-corrected chi connectivity index (χ1v) is 8.33. The quantitative estimate of drug-likeness (QED) is 0.912. The van der Waals surface area contributed by atoms with Gasteiger partial charge in [0.1, 0.15) is 0 Å². The van der Waals surface area contributed by atoms with Crippen molar-refractivity contribution >= 4 is 5.91 Å². The molecule has 1 aliphatic rings. The zero-order chi connectivity index (χ0) is 17.2. The van der Waals surface area contributed by atoms with Crippen molar-refractivity contribution in [1.82, 2.24) is 14.7 Å². The number of carbonyl (C=O) groups excluding carboxylic acids is 1. The van der Waals surface area contributed by atoms with E-state index in [2.05, 4.69) is 12.0 Å². The summed E-state index contributed by atoms with van der Waals surface area (Å²) in [5.74, 6) is 0.429. The van der Waals surface area contributed by atoms with Crippen LogP contribution in [-0.2, 0) is 0 Å². The minimum Gasteiger partial charge on any atom is -0.490 e. The van der Waals surface area contributed by atoms with Crippen LogP contribution in [0.3, 0.4) is 0 Å². The number of para-hydroxylation sites is 1. The molecule has 1 aliphatic heterocycles. The molecule has 1 aromatic heterocycles. The second kappa shape index (κ2) is 6.65. The summed E-state index contributed by atoms with van der Waals surface area (Å²) in [5, 5.41) is 4.49. The first-order chi connectivity index (χ1) is 11.6. The number of aromatic nitrogens is 2. The molecule has 1 amide bonds. The monoisotopic (exact) mass is 328 g/mol. The molecule has 2 heterocycles. The van der Waals surface area contributed by atoms with Gasteiger partial charge in [0.2, 0.25) is 0 Å². The fraction of sp³-hybridized carbons (Fsp3) is 0.444. The molecular weight excluding hydrogens is 304 g/mol. The predicted molar refractivity (Wildman–Crippen MR) is 92.4 cm³/mol. The van der Waals surface area contributed by atoms with Crippen molar-refractivity contribution in [3.8, 4) is 11.4 Å². The minimum absolute atomic E-state index is 0.0105. The normalized spacial score (nSPS) is 20.4. The van der Waals surface area contributed by atoms with Crippen LogP contribution in [0.15, 0.2) is 36.5 Å². The molecule has 0 saturated carbocycles. The van der Waals surface area contributed by atoms with Crippen LogP contribution >= 0.6 is 0 Å². The summed E-state index contributed by atoms with van der Waals surface area (Å²) in [6, 6.07) is 9.70. The molecule has 128 valence electrons. The highest BCUT2D eigenvalue weighted by atomic mass is 16.5. The Morgan fingerprint density at radius 1 is 1.38 bits per heavy atom. The van der Waals surface area contributed by atoms with Gasteiger partial charge in [-0.25, -0.2) is 4.68 Å². The van der Waals surface area contributed by atoms with Gasteiger partial charge in [-0.05, 0) is 37.4 Å². The maximum atomic E-state index is 12.9. The first kappa shape index (κ1) is 16.5. The Kier molecular flexibility index (Phi) is 4.57. The van der Waals surface area contributed by atoms with Crippen molar-refractivity contribution < 1.29 is 9.53 Å². The van der Waals surface area contributed by atoms with Crippen LogP contribution < -0.4 is 10.5 Å². The summed E-state index contributed by atoms with van der Waals surface area (Å²) in [7, 11) is 0. The first-order valence-electron chi connectivity index (χ1n) is 8.33. The summed E-state index contributed by atoms with van der Waals surface area (Å²) in [4.78, 5) is 14.7. The number of carbonyl (C=O) groups is 1. The maximum Gasteiger partial charge on any atom is 0.278 e. The van der Waals surface area contributed by atoms with E-state index in [9.17, 15) is 4.79 Å². The summed E-state index contributed by atoms with van der Waals surface area (Å²) >= 11 is 0. The summed E-state index contributed by atoms with van der Waals surface area (Å²) in [6.07, 6.45) is 2.68. The van der Waals surface area contributed by atoms with Gasteiger partial charge >= 0.3 is 0 Å². The van der Waals surface area contributed by atoms with Crippen LogP contribution in [0, 0.1) is 5.41 Å². The molecule has 0 spiro atoms. The zero-order valence-corrected chi connectivity index (χ0v) is 14.2. The number of ether oxygens (including phenoxy) is 1. The molecule has 1 fully saturated rings. The van der Waals surface area contributed by atoms with Gasteiger partial charge in [0.15, 0.2) is 11.4 Å². The Bertz CT molecular complexity index is 713. The average Bonchev–Trinajstić information content (AvgIpc) is 3.20. The SMILES string of the molecule is CCOc1cn(-c2ccccc2)nc1C(=O)N1CCC(C)(CN)C1. The van der Waals surface area contributed by atoms with Gasteiger partial charge in [-0.3, -0.25) is 4.79 Å². The highest BCUT2D eigenvalue weighted by Gasteiger charge is 2.37. The van der Waals surface area contributed by atoms with Crippen molar-refractivity contribution in [2.45, 2.75) is 20.3 Å². The molecule has 1 atom stereocenters. The van der Waals surface area contributed by atoms with Crippen LogP contribution in [0.5, 0.6) is 5.75 Å². The molecule has 6 nitrogen and oxygen atoms in total. The largest absolute Gasteiger partial charge is 0.490 e. The Morgan fingerprint density at radius 2 is 2.12 bits per heavy atom. The molecule has 2 N–H and O–H groups in total. The fourth-order valence-electron chi connectivity index (χ4n) is 2.99. The highest BCUT2D eigenvalue weighted by Crippen LogP contribution is 2.31. The topological polar surface area (TPSA) is 73.4 Å². The van der Waals surface area contributed by atoms with E-state index in [-0.39, 0.29) is 11.3 Å². The zero-order valence-electron chi connectivity index (χ0n) is 14.2. The van der Waals surface area contributed by atoms with E-state index in [1.807, 2.05) is 42.2 Å². The third-order valence-corrected chi connectivity index (χ3v) is 4.54. The lowest BCUT2D eigenvalue weighted by Gasteiger charge is -2.22. The van der Waals surface area contributed by atoms with Gasteiger partial charge in [0.05, 0.1) is 18.5 Å². The maximum absolute atomic E-state index is 12.9. The number of benzene rings is 1. The predicted octanol–water partition coefficient (Wildman–Crippen LogP) is 2.08. The van der Waals surface area contributed by atoms with Gasteiger partial charge in [-0.1, -0.05) is 25.1 Å². The molecule has 24 heavy (non-hydrogen) atoms. The molecule has 0 bridgehead atoms. The smallest absolute Gasteiger partial charge is 0.278 e. The average molecular weight is 328 g/mol. The molecule has 6 heteroatoms. The number of nitrogens with zero attached hydrogens (tertiary/aromatic N) is 3.